The lowest BCUT2D eigenvalue weighted by Crippen LogP contribution is -2.43. The van der Waals surface area contributed by atoms with Gasteiger partial charge < -0.3 is 24.8 Å². The summed E-state index contributed by atoms with van der Waals surface area (Å²) in [4.78, 5) is 24.1. The van der Waals surface area contributed by atoms with Crippen LogP contribution in [0.2, 0.25) is 0 Å². The Balaban J connectivity index is 1.91. The molecule has 7 heteroatoms. The van der Waals surface area contributed by atoms with Gasteiger partial charge in [0.2, 0.25) is 0 Å². The van der Waals surface area contributed by atoms with Crippen LogP contribution in [-0.2, 0) is 16.0 Å². The summed E-state index contributed by atoms with van der Waals surface area (Å²) in [6, 6.07) is 3.34. The van der Waals surface area contributed by atoms with Crippen LogP contribution in [0.1, 0.15) is 55.6 Å². The number of hydrogen-bond acceptors (Lipinski definition) is 6. The Bertz CT molecular complexity index is 980. The molecule has 31 heavy (non-hydrogen) atoms. The maximum Gasteiger partial charge on any atom is 0.338 e. The number of esters is 1. The first-order valence-corrected chi connectivity index (χ1v) is 10.2. The van der Waals surface area contributed by atoms with E-state index in [4.69, 9.17) is 9.47 Å². The molecule has 166 valence electrons. The van der Waals surface area contributed by atoms with Crippen molar-refractivity contribution in [2.45, 2.75) is 64.4 Å². The van der Waals surface area contributed by atoms with Crippen LogP contribution >= 0.6 is 0 Å². The van der Waals surface area contributed by atoms with Crippen LogP contribution in [0, 0.1) is 0 Å². The maximum atomic E-state index is 12.9. The van der Waals surface area contributed by atoms with E-state index in [1.165, 1.54) is 0 Å². The highest BCUT2D eigenvalue weighted by molar-refractivity contribution is 5.92. The number of carbonyl (C=O) groups excluding carboxylic acids is 1. The van der Waals surface area contributed by atoms with Crippen molar-refractivity contribution in [2.24, 2.45) is 0 Å². The number of hydrogen-bond donors (Lipinski definition) is 3. The zero-order chi connectivity index (χ0) is 22.9. The van der Waals surface area contributed by atoms with E-state index in [-0.39, 0.29) is 17.6 Å². The van der Waals surface area contributed by atoms with Crippen LogP contribution in [0.5, 0.6) is 5.75 Å². The predicted octanol–water partition coefficient (Wildman–Crippen LogP) is 3.04. The second-order valence-electron chi connectivity index (χ2n) is 8.70. The molecule has 0 unspecified atom stereocenters. The van der Waals surface area contributed by atoms with Gasteiger partial charge in [0.15, 0.2) is 0 Å². The largest absolute Gasteiger partial charge is 0.483 e. The van der Waals surface area contributed by atoms with E-state index < -0.39 is 35.9 Å². The summed E-state index contributed by atoms with van der Waals surface area (Å²) in [5.41, 5.74) is 2.36. The highest BCUT2D eigenvalue weighted by atomic mass is 16.6. The van der Waals surface area contributed by atoms with E-state index in [2.05, 4.69) is 0 Å². The summed E-state index contributed by atoms with van der Waals surface area (Å²) in [7, 11) is 0. The second-order valence-corrected chi connectivity index (χ2v) is 8.70. The molecule has 0 fully saturated rings. The molecule has 3 atom stereocenters. The first-order valence-electron chi connectivity index (χ1n) is 10.2. The number of aliphatic hydroxyl groups is 2. The molecule has 1 aliphatic heterocycles. The molecule has 3 N–H and O–H groups in total. The standard InChI is InChI=1S/C24H28O7/c1-13(2)5-6-14-9-17(10-15-7-8-24(3,4)31-21(14)15)23(29)30-19-12-16(22(27)28)11-18(25)20(19)26/h5,7-11,18-20,25-26H,6,12H2,1-4H3,(H,27,28)/t18-,19-,20-/m1/s1. The Morgan fingerprint density at radius 1 is 1.26 bits per heavy atom. The molecular formula is C24H28O7. The molecule has 1 aliphatic carbocycles. The van der Waals surface area contributed by atoms with Crippen molar-refractivity contribution in [1.29, 1.82) is 0 Å². The number of rotatable bonds is 5. The van der Waals surface area contributed by atoms with Crippen LogP contribution in [0.4, 0.5) is 0 Å². The molecule has 1 aromatic rings. The van der Waals surface area contributed by atoms with Crippen LogP contribution in [0.3, 0.4) is 0 Å². The minimum atomic E-state index is -1.42. The number of aliphatic carboxylic acids is 1. The number of benzene rings is 1. The van der Waals surface area contributed by atoms with E-state index in [0.717, 1.165) is 22.8 Å². The van der Waals surface area contributed by atoms with Gasteiger partial charge >= 0.3 is 11.9 Å². The minimum absolute atomic E-state index is 0.108. The number of aliphatic hydroxyl groups excluding tert-OH is 2. The third-order valence-electron chi connectivity index (χ3n) is 5.25. The van der Waals surface area contributed by atoms with Crippen LogP contribution in [0.15, 0.2) is 41.5 Å². The average molecular weight is 428 g/mol. The molecule has 0 saturated carbocycles. The van der Waals surface area contributed by atoms with E-state index in [1.807, 2.05) is 45.9 Å². The van der Waals surface area contributed by atoms with Crippen molar-refractivity contribution in [3.8, 4) is 5.75 Å². The number of ether oxygens (including phenoxy) is 2. The first-order chi connectivity index (χ1) is 14.5. The SMILES string of the molecule is CC(C)=CCc1cc(C(=O)O[C@@H]2CC(C(=O)O)=C[C@@H](O)[C@H]2O)cc2c1OC(C)(C)C=C2. The van der Waals surface area contributed by atoms with Gasteiger partial charge in [-0.15, -0.1) is 0 Å². The molecular weight excluding hydrogens is 400 g/mol. The fourth-order valence-corrected chi connectivity index (χ4v) is 3.54. The fourth-order valence-electron chi connectivity index (χ4n) is 3.54. The van der Waals surface area contributed by atoms with Gasteiger partial charge in [0.05, 0.1) is 5.56 Å². The molecule has 7 nitrogen and oxygen atoms in total. The molecule has 2 aliphatic rings. The minimum Gasteiger partial charge on any atom is -0.483 e. The number of fused-ring (bicyclic) bond motifs is 1. The lowest BCUT2D eigenvalue weighted by Gasteiger charge is -2.31. The molecule has 0 radical (unpaired) electrons. The van der Waals surface area contributed by atoms with E-state index in [1.54, 1.807) is 12.1 Å². The van der Waals surface area contributed by atoms with Crippen molar-refractivity contribution in [3.05, 3.63) is 58.2 Å². The van der Waals surface area contributed by atoms with Gasteiger partial charge in [0.25, 0.3) is 0 Å². The lowest BCUT2D eigenvalue weighted by atomic mass is 9.92. The Morgan fingerprint density at radius 3 is 2.61 bits per heavy atom. The molecule has 0 aromatic heterocycles. The summed E-state index contributed by atoms with van der Waals surface area (Å²) in [6.45, 7) is 7.86. The lowest BCUT2D eigenvalue weighted by molar-refractivity contribution is -0.134. The van der Waals surface area contributed by atoms with Crippen molar-refractivity contribution in [3.63, 3.8) is 0 Å². The van der Waals surface area contributed by atoms with Crippen molar-refractivity contribution >= 4 is 18.0 Å². The van der Waals surface area contributed by atoms with Gasteiger partial charge in [0.1, 0.15) is 29.7 Å². The third kappa shape index (κ3) is 5.24. The number of carboxylic acids is 1. The molecule has 1 aromatic carbocycles. The average Bonchev–Trinajstić information content (AvgIpc) is 2.68. The number of carboxylic acid groups (broad SMARTS) is 1. The highest BCUT2D eigenvalue weighted by Gasteiger charge is 2.36. The van der Waals surface area contributed by atoms with Crippen molar-refractivity contribution < 1.29 is 34.4 Å². The molecule has 0 amide bonds. The van der Waals surface area contributed by atoms with Crippen LogP contribution < -0.4 is 4.74 Å². The zero-order valence-corrected chi connectivity index (χ0v) is 18.1. The summed E-state index contributed by atoms with van der Waals surface area (Å²) in [5.74, 6) is -1.23. The summed E-state index contributed by atoms with van der Waals surface area (Å²) in [6.07, 6.45) is 3.28. The van der Waals surface area contributed by atoms with E-state index in [0.29, 0.717) is 12.2 Å². The van der Waals surface area contributed by atoms with Gasteiger partial charge in [-0.3, -0.25) is 0 Å². The van der Waals surface area contributed by atoms with Crippen molar-refractivity contribution in [1.82, 2.24) is 0 Å². The Labute approximate surface area is 181 Å². The van der Waals surface area contributed by atoms with E-state index in [9.17, 15) is 24.9 Å². The normalized spacial score (nSPS) is 23.8. The Kier molecular flexibility index (Phi) is 6.38. The van der Waals surface area contributed by atoms with Gasteiger partial charge in [-0.25, -0.2) is 9.59 Å². The second kappa shape index (κ2) is 8.69. The molecule has 0 saturated heterocycles. The van der Waals surface area contributed by atoms with Gasteiger partial charge in [-0.1, -0.05) is 17.7 Å². The molecule has 1 heterocycles. The Hall–Kier alpha value is -2.90. The topological polar surface area (TPSA) is 113 Å². The first kappa shape index (κ1) is 22.8. The number of carbonyl (C=O) groups is 2. The summed E-state index contributed by atoms with van der Waals surface area (Å²) < 4.78 is 11.5. The summed E-state index contributed by atoms with van der Waals surface area (Å²) >= 11 is 0. The van der Waals surface area contributed by atoms with Gasteiger partial charge in [-0.2, -0.15) is 0 Å². The predicted molar refractivity (Wildman–Crippen MR) is 115 cm³/mol. The third-order valence-corrected chi connectivity index (χ3v) is 5.25. The number of allylic oxidation sites excluding steroid dienone is 2. The molecule has 0 bridgehead atoms. The van der Waals surface area contributed by atoms with E-state index >= 15 is 0 Å². The smallest absolute Gasteiger partial charge is 0.338 e. The zero-order valence-electron chi connectivity index (χ0n) is 18.1. The fraction of sp³-hybridized carbons (Fsp3) is 0.417. The highest BCUT2D eigenvalue weighted by Crippen LogP contribution is 2.36. The monoisotopic (exact) mass is 428 g/mol. The summed E-state index contributed by atoms with van der Waals surface area (Å²) in [5, 5.41) is 29.3. The maximum absolute atomic E-state index is 12.9. The molecule has 3 rings (SSSR count). The Morgan fingerprint density at radius 2 is 1.97 bits per heavy atom. The molecule has 0 spiro atoms. The van der Waals surface area contributed by atoms with Crippen LogP contribution in [-0.4, -0.2) is 51.2 Å². The van der Waals surface area contributed by atoms with Crippen LogP contribution in [0.25, 0.3) is 6.08 Å². The quantitative estimate of drug-likeness (QED) is 0.488. The van der Waals surface area contributed by atoms with Crippen molar-refractivity contribution in [2.75, 3.05) is 0 Å². The van der Waals surface area contributed by atoms with Gasteiger partial charge in [0, 0.05) is 17.6 Å². The van der Waals surface area contributed by atoms with Gasteiger partial charge in [-0.05, 0) is 64.0 Å².